The van der Waals surface area contributed by atoms with E-state index in [1.54, 1.807) is 48.5 Å². The van der Waals surface area contributed by atoms with Gasteiger partial charge in [-0.25, -0.2) is 9.59 Å². The maximum absolute atomic E-state index is 13.1. The van der Waals surface area contributed by atoms with E-state index < -0.39 is 17.1 Å². The fourth-order valence-electron chi connectivity index (χ4n) is 9.96. The van der Waals surface area contributed by atoms with E-state index in [0.29, 0.717) is 65.3 Å². The molecule has 0 saturated carbocycles. The Hall–Kier alpha value is -4.84. The van der Waals surface area contributed by atoms with Crippen molar-refractivity contribution in [1.82, 2.24) is 0 Å². The number of hydrogen-bond donors (Lipinski definition) is 3. The number of aliphatic hydroxyl groups excluding tert-OH is 1. The zero-order valence-electron chi connectivity index (χ0n) is 49.2. The zero-order chi connectivity index (χ0) is 55.8. The lowest BCUT2D eigenvalue weighted by molar-refractivity contribution is -0.385. The summed E-state index contributed by atoms with van der Waals surface area (Å²) in [4.78, 5) is 37.6. The van der Waals surface area contributed by atoms with E-state index >= 15 is 0 Å². The van der Waals surface area contributed by atoms with Crippen LogP contribution < -0.4 is 20.1 Å². The number of nitrogens with one attached hydrogen (secondary N) is 2. The van der Waals surface area contributed by atoms with Crippen molar-refractivity contribution in [3.8, 4) is 11.5 Å². The largest absolute Gasteiger partial charge is 0.490 e. The second-order valence-corrected chi connectivity index (χ2v) is 23.9. The summed E-state index contributed by atoms with van der Waals surface area (Å²) in [7, 11) is 0. The van der Waals surface area contributed by atoms with Gasteiger partial charge in [-0.1, -0.05) is 209 Å². The van der Waals surface area contributed by atoms with E-state index in [4.69, 9.17) is 18.9 Å². The van der Waals surface area contributed by atoms with E-state index in [0.717, 1.165) is 60.5 Å². The van der Waals surface area contributed by atoms with Crippen molar-refractivity contribution in [2.24, 2.45) is 47.3 Å². The van der Waals surface area contributed by atoms with Crippen molar-refractivity contribution in [2.45, 2.75) is 224 Å². The summed E-state index contributed by atoms with van der Waals surface area (Å²) in [6.45, 7) is 25.6. The minimum atomic E-state index is -0.789. The van der Waals surface area contributed by atoms with Gasteiger partial charge in [0, 0.05) is 11.4 Å². The Bertz CT molecular complexity index is 2090. The third kappa shape index (κ3) is 28.5. The van der Waals surface area contributed by atoms with Gasteiger partial charge in [0.1, 0.15) is 13.2 Å². The average molecular weight is 1060 g/mol. The molecular formula is C64H103N3O9. The molecule has 0 radical (unpaired) electrons. The molecule has 12 heteroatoms. The lowest BCUT2D eigenvalue weighted by Crippen LogP contribution is -2.15. The molecule has 0 aromatic heterocycles. The molecule has 0 aliphatic carbocycles. The molecule has 0 heterocycles. The van der Waals surface area contributed by atoms with Crippen LogP contribution >= 0.6 is 0 Å². The Morgan fingerprint density at radius 2 is 0.908 bits per heavy atom. The summed E-state index contributed by atoms with van der Waals surface area (Å²) >= 11 is 0. The fraction of sp³-hybridized carbons (Fsp3) is 0.688. The third-order valence-electron chi connectivity index (χ3n) is 15.2. The predicted octanol–water partition coefficient (Wildman–Crippen LogP) is 18.6. The summed E-state index contributed by atoms with van der Waals surface area (Å²) in [5.74, 6) is 6.24. The van der Waals surface area contributed by atoms with Crippen LogP contribution in [0.15, 0.2) is 54.6 Å². The number of aryl methyl sites for hydroxylation is 1. The third-order valence-corrected chi connectivity index (χ3v) is 15.2. The summed E-state index contributed by atoms with van der Waals surface area (Å²) in [6.07, 6.45) is 23.1. The Morgan fingerprint density at radius 1 is 0.513 bits per heavy atom. The Morgan fingerprint density at radius 3 is 1.33 bits per heavy atom. The Balaban J connectivity index is 1.56. The molecule has 2 amide bonds. The van der Waals surface area contributed by atoms with Gasteiger partial charge < -0.3 is 24.1 Å². The van der Waals surface area contributed by atoms with Gasteiger partial charge in [-0.3, -0.25) is 20.7 Å². The van der Waals surface area contributed by atoms with Crippen molar-refractivity contribution in [1.29, 1.82) is 0 Å². The van der Waals surface area contributed by atoms with Crippen molar-refractivity contribution in [3.05, 3.63) is 87.0 Å². The highest BCUT2D eigenvalue weighted by molar-refractivity contribution is 5.86. The van der Waals surface area contributed by atoms with Crippen molar-refractivity contribution < 1.29 is 38.6 Å². The minimum absolute atomic E-state index is 0.00816. The molecular weight excluding hydrogens is 955 g/mol. The number of benzene rings is 3. The number of anilines is 2. The number of rotatable bonds is 40. The first-order valence-electron chi connectivity index (χ1n) is 29.5. The van der Waals surface area contributed by atoms with Gasteiger partial charge >= 0.3 is 12.2 Å². The van der Waals surface area contributed by atoms with E-state index in [1.807, 2.05) is 6.92 Å². The second-order valence-electron chi connectivity index (χ2n) is 23.9. The maximum atomic E-state index is 13.1. The molecule has 3 N–H and O–H groups in total. The number of hydrogen-bond acceptors (Lipinski definition) is 9. The van der Waals surface area contributed by atoms with Gasteiger partial charge in [0.15, 0.2) is 11.5 Å². The molecule has 0 bridgehead atoms. The predicted molar refractivity (Wildman–Crippen MR) is 312 cm³/mol. The van der Waals surface area contributed by atoms with Crippen LogP contribution in [0, 0.1) is 64.4 Å². The quantitative estimate of drug-likeness (QED) is 0.0372. The highest BCUT2D eigenvalue weighted by Crippen LogP contribution is 2.37. The molecule has 428 valence electrons. The molecule has 0 saturated heterocycles. The first kappa shape index (κ1) is 65.4. The standard InChI is InChI=1S/C64H103N3O9/c1-46(2)18-12-20-48(5)22-14-24-50(7)26-16-28-52(9)36-38-73-61-41-57(45-76-63(69)65-58-33-30-55(31-34-58)44-75-64(70)66-59-35-32-56(43-68)40-54(59)11)60(67(71)72)42-62(61)74-39-37-53(10)29-17-27-51(8)25-15-23-49(6)21-13-19-47(3)4/h30-35,40-42,46-53,68H,12-29,36-39,43-45H2,1-11H3,(H,65,69)(H,66,70)/t48-,49-,50-,51-,52?,53?/m1/s1. The van der Waals surface area contributed by atoms with Crippen molar-refractivity contribution in [2.75, 3.05) is 23.8 Å². The van der Waals surface area contributed by atoms with Gasteiger partial charge in [-0.2, -0.15) is 0 Å². The number of nitro benzene ring substituents is 1. The molecule has 3 rings (SSSR count). The van der Waals surface area contributed by atoms with Crippen LogP contribution in [0.3, 0.4) is 0 Å². The molecule has 0 spiro atoms. The number of aliphatic hydroxyl groups is 1. The molecule has 2 unspecified atom stereocenters. The molecule has 6 atom stereocenters. The van der Waals surface area contributed by atoms with Gasteiger partial charge in [0.2, 0.25) is 0 Å². The molecule has 76 heavy (non-hydrogen) atoms. The SMILES string of the molecule is Cc1cc(CO)ccc1NC(=O)OCc1ccc(NC(=O)OCc2cc(OCCC(C)CCC[C@H](C)CCC[C@H](C)CCCC(C)C)c(OCCC(C)CCC[C@H](C)CCC[C@H](C)CCCC(C)C)cc2[N+](=O)[O-])cc1. The highest BCUT2D eigenvalue weighted by atomic mass is 16.6. The summed E-state index contributed by atoms with van der Waals surface area (Å²) in [5, 5.41) is 27.2. The van der Waals surface area contributed by atoms with E-state index in [9.17, 15) is 24.8 Å². The number of nitrogens with zero attached hydrogens (tertiary/aromatic N) is 1. The first-order chi connectivity index (χ1) is 36.3. The smallest absolute Gasteiger partial charge is 0.411 e. The van der Waals surface area contributed by atoms with Gasteiger partial charge in [0.25, 0.3) is 5.69 Å². The highest BCUT2D eigenvalue weighted by Gasteiger charge is 2.23. The topological polar surface area (TPSA) is 158 Å². The zero-order valence-corrected chi connectivity index (χ0v) is 49.2. The molecule has 3 aromatic carbocycles. The molecule has 12 nitrogen and oxygen atoms in total. The van der Waals surface area contributed by atoms with Crippen molar-refractivity contribution >= 4 is 29.2 Å². The van der Waals surface area contributed by atoms with Crippen LogP contribution in [0.2, 0.25) is 0 Å². The minimum Gasteiger partial charge on any atom is -0.490 e. The van der Waals surface area contributed by atoms with E-state index in [1.165, 1.54) is 109 Å². The normalized spacial score (nSPS) is 13.9. The van der Waals surface area contributed by atoms with Crippen LogP contribution in [0.1, 0.15) is 220 Å². The molecule has 0 fully saturated rings. The number of nitro groups is 1. The lowest BCUT2D eigenvalue weighted by Gasteiger charge is -2.18. The molecule has 0 aliphatic rings. The molecule has 3 aromatic rings. The number of ether oxygens (including phenoxy) is 4. The first-order valence-corrected chi connectivity index (χ1v) is 29.5. The van der Waals surface area contributed by atoms with E-state index in [-0.39, 0.29) is 31.1 Å². The fourth-order valence-corrected chi connectivity index (χ4v) is 9.96. The average Bonchev–Trinajstić information content (AvgIpc) is 3.36. The summed E-state index contributed by atoms with van der Waals surface area (Å²) in [6, 6.07) is 14.9. The van der Waals surface area contributed by atoms with Crippen LogP contribution in [0.5, 0.6) is 11.5 Å². The van der Waals surface area contributed by atoms with Crippen molar-refractivity contribution in [3.63, 3.8) is 0 Å². The van der Waals surface area contributed by atoms with Crippen LogP contribution in [-0.2, 0) is 29.3 Å². The van der Waals surface area contributed by atoms with Crippen LogP contribution in [0.4, 0.5) is 26.7 Å². The summed E-state index contributed by atoms with van der Waals surface area (Å²) < 4.78 is 23.6. The monoisotopic (exact) mass is 1060 g/mol. The second kappa shape index (κ2) is 37.1. The van der Waals surface area contributed by atoms with Crippen LogP contribution in [0.25, 0.3) is 0 Å². The summed E-state index contributed by atoms with van der Waals surface area (Å²) in [5.41, 5.74) is 3.22. The van der Waals surface area contributed by atoms with Gasteiger partial charge in [0.05, 0.1) is 36.4 Å². The number of carbonyl (C=O) groups excluding carboxylic acids is 2. The lowest BCUT2D eigenvalue weighted by atomic mass is 9.91. The van der Waals surface area contributed by atoms with Crippen LogP contribution in [-0.4, -0.2) is 35.4 Å². The number of amides is 2. The Labute approximate surface area is 460 Å². The molecule has 0 aliphatic heterocycles. The van der Waals surface area contributed by atoms with E-state index in [2.05, 4.69) is 79.9 Å². The van der Waals surface area contributed by atoms with Gasteiger partial charge in [-0.05, 0) is 108 Å². The number of carbonyl (C=O) groups is 2. The Kier molecular flexibility index (Phi) is 31.9. The van der Waals surface area contributed by atoms with Gasteiger partial charge in [-0.15, -0.1) is 0 Å². The maximum Gasteiger partial charge on any atom is 0.411 e.